The third-order valence-electron chi connectivity index (χ3n) is 4.88. The molecule has 4 aromatic rings. The predicted molar refractivity (Wildman–Crippen MR) is 122 cm³/mol. The van der Waals surface area contributed by atoms with Crippen LogP contribution in [0.5, 0.6) is 5.75 Å². The minimum atomic E-state index is -0.0613. The Balaban J connectivity index is 0.000000229. The molecule has 0 amide bonds. The second-order valence-electron chi connectivity index (χ2n) is 7.24. The molecule has 0 fully saturated rings. The van der Waals surface area contributed by atoms with Crippen LogP contribution < -0.4 is 10.5 Å². The molecular weight excluding hydrogens is 388 g/mol. The molecule has 0 aliphatic rings. The van der Waals surface area contributed by atoms with Crippen LogP contribution in [0.3, 0.4) is 0 Å². The average molecular weight is 416 g/mol. The van der Waals surface area contributed by atoms with Crippen LogP contribution in [0.1, 0.15) is 28.3 Å². The summed E-state index contributed by atoms with van der Waals surface area (Å²) >= 11 is 0. The van der Waals surface area contributed by atoms with Crippen LogP contribution >= 0.6 is 0 Å². The molecule has 0 aliphatic heterocycles. The van der Waals surface area contributed by atoms with Crippen LogP contribution in [0.2, 0.25) is 0 Å². The number of hydrogen-bond donors (Lipinski definition) is 3. The molecule has 1 heterocycles. The smallest absolute Gasteiger partial charge is 0.253 e. The number of aromatic nitrogens is 2. The lowest BCUT2D eigenvalue weighted by Gasteiger charge is -2.19. The molecule has 3 N–H and O–H groups in total. The topological polar surface area (TPSA) is 81.1 Å². The summed E-state index contributed by atoms with van der Waals surface area (Å²) in [5.74, 6) is 0.231. The molecule has 0 bridgehead atoms. The fourth-order valence-electron chi connectivity index (χ4n) is 3.26. The zero-order valence-corrected chi connectivity index (χ0v) is 17.7. The molecule has 0 aliphatic carbocycles. The number of phenolic OH excluding ortho intramolecular Hbond substituents is 1. The van der Waals surface area contributed by atoms with E-state index in [0.717, 1.165) is 17.7 Å². The zero-order valence-electron chi connectivity index (χ0n) is 17.7. The van der Waals surface area contributed by atoms with Crippen molar-refractivity contribution in [3.63, 3.8) is 0 Å². The number of nitroso groups, excluding NO2 is 1. The Morgan fingerprint density at radius 3 is 2.10 bits per heavy atom. The lowest BCUT2D eigenvalue weighted by Crippen LogP contribution is -2.55. The molecule has 3 aromatic carbocycles. The molecule has 1 unspecified atom stereocenters. The fraction of sp³-hybridized carbons (Fsp3) is 0.160. The highest BCUT2D eigenvalue weighted by atomic mass is 16.3. The number of benzene rings is 3. The highest BCUT2D eigenvalue weighted by Crippen LogP contribution is 2.28. The van der Waals surface area contributed by atoms with Crippen LogP contribution in [0.15, 0.2) is 91.5 Å². The van der Waals surface area contributed by atoms with Gasteiger partial charge in [-0.1, -0.05) is 42.0 Å². The van der Waals surface area contributed by atoms with Crippen molar-refractivity contribution in [2.24, 2.45) is 0 Å². The maximum Gasteiger partial charge on any atom is 0.253 e. The van der Waals surface area contributed by atoms with Crippen LogP contribution in [-0.4, -0.2) is 21.7 Å². The van der Waals surface area contributed by atoms with Crippen LogP contribution in [-0.2, 0) is 6.54 Å². The second-order valence-corrected chi connectivity index (χ2v) is 7.24. The summed E-state index contributed by atoms with van der Waals surface area (Å²) in [5.41, 5.74) is 5.23. The third kappa shape index (κ3) is 6.10. The van der Waals surface area contributed by atoms with Crippen molar-refractivity contribution >= 4 is 5.69 Å². The number of rotatable bonds is 6. The number of imidazole rings is 1. The Labute approximate surface area is 182 Å². The van der Waals surface area contributed by atoms with Gasteiger partial charge in [0.2, 0.25) is 0 Å². The predicted octanol–water partition coefficient (Wildman–Crippen LogP) is 3.42. The molecule has 0 spiro atoms. The first kappa shape index (κ1) is 21.9. The van der Waals surface area contributed by atoms with E-state index in [1.807, 2.05) is 47.3 Å². The standard InChI is InChI=1S/C16H13N3O2.C9H13N/c20-15-7-3-13(4-8-15)16(19-10-9-17-11-19)12-1-5-14(18-21)6-2-12;1-8-3-5-9(6-4-8)7-10-2/h1-11,16,20H;3-6,10H,7H2,1-2H3/p+1. The molecule has 0 saturated heterocycles. The number of phenols is 1. The van der Waals surface area contributed by atoms with Gasteiger partial charge in [-0.15, -0.1) is 0 Å². The third-order valence-corrected chi connectivity index (χ3v) is 4.88. The maximum atomic E-state index is 10.7. The molecule has 31 heavy (non-hydrogen) atoms. The largest absolute Gasteiger partial charge is 0.508 e. The van der Waals surface area contributed by atoms with Crippen molar-refractivity contribution in [3.05, 3.63) is 119 Å². The molecule has 6 nitrogen and oxygen atoms in total. The van der Waals surface area contributed by atoms with Gasteiger partial charge in [-0.2, -0.15) is 0 Å². The molecule has 4 rings (SSSR count). The van der Waals surface area contributed by atoms with Gasteiger partial charge in [0, 0.05) is 41.2 Å². The Morgan fingerprint density at radius 2 is 1.58 bits per heavy atom. The number of hydrogen-bond acceptors (Lipinski definition) is 4. The minimum absolute atomic E-state index is 0.0613. The molecule has 6 heteroatoms. The van der Waals surface area contributed by atoms with Gasteiger partial charge in [0.05, 0.1) is 12.4 Å². The van der Waals surface area contributed by atoms with Crippen LogP contribution in [0.4, 0.5) is 5.69 Å². The van der Waals surface area contributed by atoms with Crippen molar-refractivity contribution < 1.29 is 10.3 Å². The first-order valence-corrected chi connectivity index (χ1v) is 10.1. The average Bonchev–Trinajstić information content (AvgIpc) is 3.32. The van der Waals surface area contributed by atoms with Gasteiger partial charge in [-0.25, -0.2) is 4.98 Å². The van der Waals surface area contributed by atoms with Crippen molar-refractivity contribution in [1.82, 2.24) is 14.9 Å². The highest BCUT2D eigenvalue weighted by Gasteiger charge is 2.16. The van der Waals surface area contributed by atoms with Crippen molar-refractivity contribution in [3.8, 4) is 5.75 Å². The second kappa shape index (κ2) is 10.8. The lowest BCUT2D eigenvalue weighted by molar-refractivity contribution is -0.379. The fourth-order valence-corrected chi connectivity index (χ4v) is 3.26. The Kier molecular flexibility index (Phi) is 7.67. The van der Waals surface area contributed by atoms with Gasteiger partial charge in [-0.3, -0.25) is 0 Å². The molecule has 158 valence electrons. The lowest BCUT2D eigenvalue weighted by atomic mass is 9.98. The van der Waals surface area contributed by atoms with E-state index in [9.17, 15) is 10.0 Å². The summed E-state index contributed by atoms with van der Waals surface area (Å²) in [7, 11) is 1.96. The van der Waals surface area contributed by atoms with Gasteiger partial charge in [0.25, 0.3) is 5.69 Å². The van der Waals surface area contributed by atoms with Gasteiger partial charge in [0.15, 0.2) is 0 Å². The van der Waals surface area contributed by atoms with Gasteiger partial charge in [0.1, 0.15) is 5.75 Å². The Bertz CT molecular complexity index is 1060. The number of nitrogens with zero attached hydrogens (tertiary/aromatic N) is 2. The van der Waals surface area contributed by atoms with E-state index < -0.39 is 0 Å². The van der Waals surface area contributed by atoms with Crippen molar-refractivity contribution in [2.45, 2.75) is 19.5 Å². The summed E-state index contributed by atoms with van der Waals surface area (Å²) in [6.45, 7) is 3.06. The Hall–Kier alpha value is -3.77. The van der Waals surface area contributed by atoms with Gasteiger partial charge < -0.3 is 15.0 Å². The summed E-state index contributed by atoms with van der Waals surface area (Å²) in [4.78, 5) is 14.8. The van der Waals surface area contributed by atoms with E-state index in [1.165, 1.54) is 11.1 Å². The summed E-state index contributed by atoms with van der Waals surface area (Å²) in [6, 6.07) is 22.8. The monoisotopic (exact) mass is 415 g/mol. The molecule has 1 aromatic heterocycles. The van der Waals surface area contributed by atoms with Crippen LogP contribution in [0, 0.1) is 11.8 Å². The zero-order chi connectivity index (χ0) is 22.1. The van der Waals surface area contributed by atoms with E-state index in [4.69, 9.17) is 0 Å². The number of aryl methyl sites for hydroxylation is 1. The number of nitrogens with one attached hydrogen (secondary N) is 2. The normalized spacial score (nSPS) is 11.3. The molecule has 0 radical (unpaired) electrons. The molecular formula is C25H27N4O2+. The van der Waals surface area contributed by atoms with E-state index in [1.54, 1.807) is 36.8 Å². The molecule has 1 atom stereocenters. The minimum Gasteiger partial charge on any atom is -0.508 e. The van der Waals surface area contributed by atoms with Crippen LogP contribution in [0.25, 0.3) is 0 Å². The SMILES string of the molecule is CNCc1ccc(C)cc1.O=[NH+]c1ccc(C(c2ccc(O)cc2)n2ccnc2)cc1. The number of aromatic hydroxyl groups is 1. The van der Waals surface area contributed by atoms with Crippen molar-refractivity contribution in [1.29, 1.82) is 0 Å². The maximum absolute atomic E-state index is 10.7. The molecule has 0 saturated carbocycles. The first-order valence-electron chi connectivity index (χ1n) is 10.1. The quantitative estimate of drug-likeness (QED) is 0.451. The van der Waals surface area contributed by atoms with Crippen molar-refractivity contribution in [2.75, 3.05) is 7.05 Å². The Morgan fingerprint density at radius 1 is 0.968 bits per heavy atom. The summed E-state index contributed by atoms with van der Waals surface area (Å²) in [6.07, 6.45) is 5.36. The summed E-state index contributed by atoms with van der Waals surface area (Å²) in [5, 5.41) is 14.4. The van der Waals surface area contributed by atoms with E-state index >= 15 is 0 Å². The summed E-state index contributed by atoms with van der Waals surface area (Å²) < 4.78 is 1.98. The highest BCUT2D eigenvalue weighted by molar-refractivity contribution is 5.39. The van der Waals surface area contributed by atoms with E-state index in [-0.39, 0.29) is 11.8 Å². The first-order chi connectivity index (χ1) is 15.1. The van der Waals surface area contributed by atoms with E-state index in [0.29, 0.717) is 5.69 Å². The van der Waals surface area contributed by atoms with E-state index in [2.05, 4.69) is 41.5 Å². The van der Waals surface area contributed by atoms with Gasteiger partial charge in [-0.05, 0) is 54.9 Å². The van der Waals surface area contributed by atoms with Gasteiger partial charge >= 0.3 is 0 Å².